The van der Waals surface area contributed by atoms with Crippen molar-refractivity contribution < 1.29 is 4.39 Å². The van der Waals surface area contributed by atoms with E-state index in [1.54, 1.807) is 18.2 Å². The van der Waals surface area contributed by atoms with Crippen molar-refractivity contribution in [1.82, 2.24) is 9.55 Å². The average molecular weight is 418 g/mol. The first kappa shape index (κ1) is 18.9. The number of benzene rings is 1. The number of anilines is 1. The molecule has 0 saturated carbocycles. The van der Waals surface area contributed by atoms with Gasteiger partial charge in [-0.15, -0.1) is 0 Å². The Morgan fingerprint density at radius 3 is 2.96 bits per heavy atom. The molecule has 1 aliphatic rings. The molecule has 0 spiro atoms. The first-order chi connectivity index (χ1) is 13.5. The third-order valence-electron chi connectivity index (χ3n) is 4.89. The molecule has 0 unspecified atom stereocenters. The maximum absolute atomic E-state index is 14.0. The molecule has 0 amide bonds. The van der Waals surface area contributed by atoms with Crippen LogP contribution in [0.3, 0.4) is 0 Å². The molecular weight excluding hydrogens is 401 g/mol. The van der Waals surface area contributed by atoms with Gasteiger partial charge in [-0.3, -0.25) is 9.36 Å². The summed E-state index contributed by atoms with van der Waals surface area (Å²) in [5.74, 6) is 0.403. The van der Waals surface area contributed by atoms with Crippen LogP contribution >= 0.6 is 22.9 Å². The summed E-state index contributed by atoms with van der Waals surface area (Å²) < 4.78 is 15.7. The van der Waals surface area contributed by atoms with Crippen molar-refractivity contribution in [3.63, 3.8) is 0 Å². The molecule has 4 rings (SSSR count). The van der Waals surface area contributed by atoms with Crippen molar-refractivity contribution in [2.45, 2.75) is 25.4 Å². The van der Waals surface area contributed by atoms with Crippen LogP contribution < -0.4 is 16.2 Å². The fraction of sp³-hybridized carbons (Fsp3) is 0.316. The Hall–Kier alpha value is -2.47. The number of halogens is 2. The van der Waals surface area contributed by atoms with E-state index >= 15 is 0 Å². The van der Waals surface area contributed by atoms with Crippen molar-refractivity contribution in [1.29, 1.82) is 5.26 Å². The van der Waals surface area contributed by atoms with Crippen molar-refractivity contribution in [3.8, 4) is 6.07 Å². The molecule has 144 valence electrons. The molecule has 0 aliphatic carbocycles. The van der Waals surface area contributed by atoms with E-state index in [-0.39, 0.29) is 33.4 Å². The minimum Gasteiger partial charge on any atom is -0.341 e. The molecule has 0 bridgehead atoms. The number of fused-ring (bicyclic) bond motifs is 1. The molecule has 1 atom stereocenters. The van der Waals surface area contributed by atoms with Gasteiger partial charge in [-0.05, 0) is 24.5 Å². The van der Waals surface area contributed by atoms with Crippen LogP contribution in [0.1, 0.15) is 24.0 Å². The predicted octanol–water partition coefficient (Wildman–Crippen LogP) is 3.10. The average Bonchev–Trinajstić information content (AvgIpc) is 2.99. The molecular formula is C19H17ClFN5OS. The maximum atomic E-state index is 14.0. The van der Waals surface area contributed by atoms with E-state index in [4.69, 9.17) is 17.3 Å². The quantitative estimate of drug-likeness (QED) is 0.707. The van der Waals surface area contributed by atoms with Crippen LogP contribution in [-0.4, -0.2) is 28.7 Å². The molecule has 6 nitrogen and oxygen atoms in total. The molecule has 2 aromatic heterocycles. The summed E-state index contributed by atoms with van der Waals surface area (Å²) >= 11 is 6.75. The minimum absolute atomic E-state index is 0.0316. The molecule has 3 heterocycles. The number of nitriles is 1. The monoisotopic (exact) mass is 417 g/mol. The second kappa shape index (κ2) is 7.51. The fourth-order valence-corrected chi connectivity index (χ4v) is 4.62. The number of thiophene rings is 1. The maximum Gasteiger partial charge on any atom is 0.273 e. The molecule has 2 N–H and O–H groups in total. The van der Waals surface area contributed by atoms with Gasteiger partial charge in [0.1, 0.15) is 15.2 Å². The first-order valence-corrected chi connectivity index (χ1v) is 10.1. The zero-order chi connectivity index (χ0) is 19.8. The van der Waals surface area contributed by atoms with Gasteiger partial charge < -0.3 is 10.6 Å². The highest BCUT2D eigenvalue weighted by atomic mass is 35.5. The summed E-state index contributed by atoms with van der Waals surface area (Å²) in [6, 6.07) is 9.19. The van der Waals surface area contributed by atoms with Gasteiger partial charge in [0.15, 0.2) is 5.13 Å². The van der Waals surface area contributed by atoms with Crippen LogP contribution in [-0.2, 0) is 6.54 Å². The highest BCUT2D eigenvalue weighted by Crippen LogP contribution is 2.32. The Bertz CT molecular complexity index is 1150. The summed E-state index contributed by atoms with van der Waals surface area (Å²) in [7, 11) is 0. The summed E-state index contributed by atoms with van der Waals surface area (Å²) in [5.41, 5.74) is 7.08. The molecule has 0 radical (unpaired) electrons. The van der Waals surface area contributed by atoms with Crippen molar-refractivity contribution in [2.24, 2.45) is 5.73 Å². The van der Waals surface area contributed by atoms with Gasteiger partial charge in [-0.25, -0.2) is 4.98 Å². The predicted molar refractivity (Wildman–Crippen MR) is 109 cm³/mol. The summed E-state index contributed by atoms with van der Waals surface area (Å²) in [5, 5.41) is 8.62. The zero-order valence-corrected chi connectivity index (χ0v) is 16.4. The van der Waals surface area contributed by atoms with Crippen LogP contribution in [0.5, 0.6) is 0 Å². The van der Waals surface area contributed by atoms with Gasteiger partial charge in [0.25, 0.3) is 5.56 Å². The summed E-state index contributed by atoms with van der Waals surface area (Å²) in [4.78, 5) is 19.7. The van der Waals surface area contributed by atoms with Gasteiger partial charge in [-0.2, -0.15) is 9.65 Å². The summed E-state index contributed by atoms with van der Waals surface area (Å²) in [6.07, 6.45) is 1.77. The SMILES string of the molecule is N#Cc1ccccc1Cn1c(N2CCC[C@@H](N)C2)nc2c(Cl)c(F)sc2c1=O. The Balaban J connectivity index is 1.92. The molecule has 1 aromatic carbocycles. The van der Waals surface area contributed by atoms with Crippen molar-refractivity contribution in [2.75, 3.05) is 18.0 Å². The number of aromatic nitrogens is 2. The van der Waals surface area contributed by atoms with E-state index in [2.05, 4.69) is 11.1 Å². The number of nitrogens with two attached hydrogens (primary N) is 1. The van der Waals surface area contributed by atoms with Gasteiger partial charge in [0.2, 0.25) is 5.95 Å². The van der Waals surface area contributed by atoms with E-state index < -0.39 is 5.13 Å². The minimum atomic E-state index is -0.627. The Kier molecular flexibility index (Phi) is 5.06. The molecule has 1 fully saturated rings. The topological polar surface area (TPSA) is 87.9 Å². The van der Waals surface area contributed by atoms with Crippen LogP contribution in [0.4, 0.5) is 10.3 Å². The molecule has 28 heavy (non-hydrogen) atoms. The van der Waals surface area contributed by atoms with Crippen LogP contribution in [0, 0.1) is 16.5 Å². The van der Waals surface area contributed by atoms with Crippen LogP contribution in [0.15, 0.2) is 29.1 Å². The second-order valence-electron chi connectivity index (χ2n) is 6.79. The van der Waals surface area contributed by atoms with Gasteiger partial charge in [0, 0.05) is 19.1 Å². The van der Waals surface area contributed by atoms with Gasteiger partial charge >= 0.3 is 0 Å². The third-order valence-corrected chi connectivity index (χ3v) is 6.30. The Labute approximate surface area is 169 Å². The lowest BCUT2D eigenvalue weighted by molar-refractivity contribution is 0.492. The van der Waals surface area contributed by atoms with Crippen molar-refractivity contribution in [3.05, 3.63) is 55.9 Å². The number of hydrogen-bond acceptors (Lipinski definition) is 6. The lowest BCUT2D eigenvalue weighted by atomic mass is 10.1. The normalized spacial score (nSPS) is 17.1. The first-order valence-electron chi connectivity index (χ1n) is 8.86. The number of hydrogen-bond donors (Lipinski definition) is 1. The van der Waals surface area contributed by atoms with Crippen LogP contribution in [0.25, 0.3) is 10.2 Å². The van der Waals surface area contributed by atoms with E-state index in [0.29, 0.717) is 41.5 Å². The molecule has 3 aromatic rings. The standard InChI is InChI=1S/C19H17ClFN5OS/c20-14-15-16(28-17(14)21)18(27)26(9-12-5-2-1-4-11(12)8-22)19(24-15)25-7-3-6-13(23)10-25/h1-2,4-5,13H,3,6-7,9-10,23H2/t13-/m1/s1. The molecule has 9 heteroatoms. The Morgan fingerprint density at radius 2 is 2.21 bits per heavy atom. The number of rotatable bonds is 3. The lowest BCUT2D eigenvalue weighted by Gasteiger charge is -2.33. The third kappa shape index (κ3) is 3.26. The largest absolute Gasteiger partial charge is 0.341 e. The van der Waals surface area contributed by atoms with Crippen LogP contribution in [0.2, 0.25) is 5.02 Å². The zero-order valence-electron chi connectivity index (χ0n) is 14.9. The van der Waals surface area contributed by atoms with Gasteiger partial charge in [-0.1, -0.05) is 41.1 Å². The number of nitrogens with zero attached hydrogens (tertiary/aromatic N) is 4. The van der Waals surface area contributed by atoms with E-state index in [9.17, 15) is 14.4 Å². The number of piperidine rings is 1. The van der Waals surface area contributed by atoms with Gasteiger partial charge in [0.05, 0.1) is 18.2 Å². The van der Waals surface area contributed by atoms with E-state index in [1.165, 1.54) is 4.57 Å². The second-order valence-corrected chi connectivity index (χ2v) is 8.14. The van der Waals surface area contributed by atoms with E-state index in [0.717, 1.165) is 12.8 Å². The highest BCUT2D eigenvalue weighted by molar-refractivity contribution is 7.18. The fourth-order valence-electron chi connectivity index (χ4n) is 3.51. The lowest BCUT2D eigenvalue weighted by Crippen LogP contribution is -2.45. The van der Waals surface area contributed by atoms with E-state index in [1.807, 2.05) is 11.0 Å². The smallest absolute Gasteiger partial charge is 0.273 e. The van der Waals surface area contributed by atoms with Crippen molar-refractivity contribution >= 4 is 39.1 Å². The summed E-state index contributed by atoms with van der Waals surface area (Å²) in [6.45, 7) is 1.39. The molecule has 1 aliphatic heterocycles. The highest BCUT2D eigenvalue weighted by Gasteiger charge is 2.25. The molecule has 1 saturated heterocycles. The Morgan fingerprint density at radius 1 is 1.43 bits per heavy atom.